The molecule has 132 valence electrons. The van der Waals surface area contributed by atoms with Crippen LogP contribution in [0.25, 0.3) is 0 Å². The number of nitrogens with zero attached hydrogens (tertiary/aromatic N) is 1. The number of likely N-dealkylation sites (tertiary alicyclic amines) is 1. The van der Waals surface area contributed by atoms with E-state index in [0.717, 1.165) is 37.2 Å². The van der Waals surface area contributed by atoms with Crippen molar-refractivity contribution in [3.63, 3.8) is 0 Å². The van der Waals surface area contributed by atoms with E-state index in [1.807, 2.05) is 30.3 Å². The summed E-state index contributed by atoms with van der Waals surface area (Å²) >= 11 is 0. The highest BCUT2D eigenvalue weighted by Gasteiger charge is 2.22. The Hall–Kier alpha value is -2.29. The smallest absolute Gasteiger partial charge is 0.223 e. The minimum Gasteiger partial charge on any atom is -0.497 e. The van der Waals surface area contributed by atoms with Gasteiger partial charge >= 0.3 is 0 Å². The van der Waals surface area contributed by atoms with Crippen molar-refractivity contribution < 1.29 is 9.53 Å². The molecule has 25 heavy (non-hydrogen) atoms. The average Bonchev–Trinajstić information content (AvgIpc) is 2.96. The third kappa shape index (κ3) is 4.62. The second kappa shape index (κ2) is 8.70. The molecule has 1 fully saturated rings. The van der Waals surface area contributed by atoms with Crippen LogP contribution in [0.3, 0.4) is 0 Å². The highest BCUT2D eigenvalue weighted by Crippen LogP contribution is 2.30. The summed E-state index contributed by atoms with van der Waals surface area (Å²) in [6.45, 7) is 1.81. The van der Waals surface area contributed by atoms with Gasteiger partial charge in [0.05, 0.1) is 7.11 Å². The van der Waals surface area contributed by atoms with Crippen LogP contribution >= 0.6 is 0 Å². The SMILES string of the molecule is COc1ccc([C@H](CC(=O)N2CCCCCC2)c2ccccc2)cc1. The van der Waals surface area contributed by atoms with Gasteiger partial charge in [-0.05, 0) is 36.1 Å². The summed E-state index contributed by atoms with van der Waals surface area (Å²) in [6.07, 6.45) is 5.26. The minimum absolute atomic E-state index is 0.0860. The zero-order valence-electron chi connectivity index (χ0n) is 15.0. The van der Waals surface area contributed by atoms with Crippen molar-refractivity contribution in [3.8, 4) is 5.75 Å². The number of carbonyl (C=O) groups is 1. The van der Waals surface area contributed by atoms with Crippen molar-refractivity contribution in [2.75, 3.05) is 20.2 Å². The van der Waals surface area contributed by atoms with Crippen molar-refractivity contribution in [1.82, 2.24) is 4.90 Å². The number of hydrogen-bond donors (Lipinski definition) is 0. The monoisotopic (exact) mass is 337 g/mol. The fraction of sp³-hybridized carbons (Fsp3) is 0.409. The lowest BCUT2D eigenvalue weighted by Gasteiger charge is -2.24. The standard InChI is InChI=1S/C22H27NO2/c1-25-20-13-11-19(12-14-20)21(18-9-5-4-6-10-18)17-22(24)23-15-7-2-3-8-16-23/h4-6,9-14,21H,2-3,7-8,15-17H2,1H3/t21-/m1/s1. The van der Waals surface area contributed by atoms with E-state index >= 15 is 0 Å². The lowest BCUT2D eigenvalue weighted by atomic mass is 9.88. The van der Waals surface area contributed by atoms with Crippen molar-refractivity contribution in [2.45, 2.75) is 38.0 Å². The molecule has 3 nitrogen and oxygen atoms in total. The molecule has 3 rings (SSSR count). The predicted octanol–water partition coefficient (Wildman–Crippen LogP) is 4.62. The molecule has 0 N–H and O–H groups in total. The molecular formula is C22H27NO2. The molecule has 1 aliphatic heterocycles. The van der Waals surface area contributed by atoms with Gasteiger partial charge in [-0.25, -0.2) is 0 Å². The molecule has 1 aliphatic rings. The quantitative estimate of drug-likeness (QED) is 0.797. The number of methoxy groups -OCH3 is 1. The summed E-state index contributed by atoms with van der Waals surface area (Å²) in [5.74, 6) is 1.20. The third-order valence-corrected chi connectivity index (χ3v) is 5.06. The Bertz CT molecular complexity index is 658. The Morgan fingerprint density at radius 2 is 1.52 bits per heavy atom. The van der Waals surface area contributed by atoms with Crippen LogP contribution < -0.4 is 4.74 Å². The first-order valence-electron chi connectivity index (χ1n) is 9.24. The lowest BCUT2D eigenvalue weighted by Crippen LogP contribution is -2.32. The summed E-state index contributed by atoms with van der Waals surface area (Å²) in [4.78, 5) is 15.0. The van der Waals surface area contributed by atoms with Gasteiger partial charge in [-0.2, -0.15) is 0 Å². The van der Waals surface area contributed by atoms with E-state index in [4.69, 9.17) is 4.74 Å². The molecule has 1 heterocycles. The fourth-order valence-corrected chi connectivity index (χ4v) is 3.57. The summed E-state index contributed by atoms with van der Waals surface area (Å²) in [5, 5.41) is 0. The molecule has 0 unspecified atom stereocenters. The number of rotatable bonds is 5. The van der Waals surface area contributed by atoms with E-state index in [9.17, 15) is 4.79 Å². The lowest BCUT2D eigenvalue weighted by molar-refractivity contribution is -0.131. The second-order valence-corrected chi connectivity index (χ2v) is 6.74. The number of hydrogen-bond acceptors (Lipinski definition) is 2. The largest absolute Gasteiger partial charge is 0.497 e. The van der Waals surface area contributed by atoms with Crippen LogP contribution in [0.5, 0.6) is 5.75 Å². The van der Waals surface area contributed by atoms with Crippen LogP contribution in [0.1, 0.15) is 49.1 Å². The van der Waals surface area contributed by atoms with Crippen LogP contribution in [0.4, 0.5) is 0 Å². The van der Waals surface area contributed by atoms with Gasteiger partial charge in [0, 0.05) is 25.4 Å². The van der Waals surface area contributed by atoms with E-state index in [1.165, 1.54) is 18.4 Å². The first-order chi connectivity index (χ1) is 12.3. The molecule has 2 aromatic rings. The van der Waals surface area contributed by atoms with Gasteiger partial charge < -0.3 is 9.64 Å². The van der Waals surface area contributed by atoms with E-state index in [1.54, 1.807) is 7.11 Å². The van der Waals surface area contributed by atoms with E-state index in [2.05, 4.69) is 29.2 Å². The van der Waals surface area contributed by atoms with Crippen molar-refractivity contribution in [3.05, 3.63) is 65.7 Å². The van der Waals surface area contributed by atoms with E-state index in [-0.39, 0.29) is 11.8 Å². The van der Waals surface area contributed by atoms with Crippen LogP contribution in [0.2, 0.25) is 0 Å². The summed E-state index contributed by atoms with van der Waals surface area (Å²) < 4.78 is 5.27. The zero-order valence-corrected chi connectivity index (χ0v) is 15.0. The Kier molecular flexibility index (Phi) is 6.10. The summed E-state index contributed by atoms with van der Waals surface area (Å²) in [5.41, 5.74) is 2.35. The van der Waals surface area contributed by atoms with Crippen LogP contribution in [-0.4, -0.2) is 31.0 Å². The van der Waals surface area contributed by atoms with Gasteiger partial charge in [0.2, 0.25) is 5.91 Å². The topological polar surface area (TPSA) is 29.5 Å². The van der Waals surface area contributed by atoms with Crippen molar-refractivity contribution >= 4 is 5.91 Å². The molecule has 0 spiro atoms. The molecule has 3 heteroatoms. The first kappa shape index (κ1) is 17.5. The van der Waals surface area contributed by atoms with E-state index < -0.39 is 0 Å². The molecule has 0 aliphatic carbocycles. The molecule has 1 amide bonds. The molecule has 0 bridgehead atoms. The van der Waals surface area contributed by atoms with Crippen LogP contribution in [0, 0.1) is 0 Å². The number of carbonyl (C=O) groups excluding carboxylic acids is 1. The Morgan fingerprint density at radius 1 is 0.920 bits per heavy atom. The van der Waals surface area contributed by atoms with Gasteiger partial charge in [-0.3, -0.25) is 4.79 Å². The average molecular weight is 337 g/mol. The normalized spacial score (nSPS) is 16.1. The van der Waals surface area contributed by atoms with Gasteiger partial charge in [0.1, 0.15) is 5.75 Å². The molecule has 0 saturated carbocycles. The molecule has 0 radical (unpaired) electrons. The fourth-order valence-electron chi connectivity index (χ4n) is 3.57. The highest BCUT2D eigenvalue weighted by molar-refractivity contribution is 5.77. The third-order valence-electron chi connectivity index (χ3n) is 5.06. The number of amides is 1. The maximum absolute atomic E-state index is 12.9. The first-order valence-corrected chi connectivity index (χ1v) is 9.24. The Balaban J connectivity index is 1.82. The molecule has 2 aromatic carbocycles. The highest BCUT2D eigenvalue weighted by atomic mass is 16.5. The molecule has 1 saturated heterocycles. The summed E-state index contributed by atoms with van der Waals surface area (Å²) in [7, 11) is 1.67. The number of benzene rings is 2. The molecular weight excluding hydrogens is 310 g/mol. The van der Waals surface area contributed by atoms with Gasteiger partial charge in [-0.1, -0.05) is 55.3 Å². The van der Waals surface area contributed by atoms with Gasteiger partial charge in [0.15, 0.2) is 0 Å². The van der Waals surface area contributed by atoms with Gasteiger partial charge in [0.25, 0.3) is 0 Å². The zero-order chi connectivity index (χ0) is 17.5. The minimum atomic E-state index is 0.0860. The Labute approximate surface area is 150 Å². The van der Waals surface area contributed by atoms with Crippen molar-refractivity contribution in [1.29, 1.82) is 0 Å². The molecule has 1 atom stereocenters. The van der Waals surface area contributed by atoms with Gasteiger partial charge in [-0.15, -0.1) is 0 Å². The maximum Gasteiger partial charge on any atom is 0.223 e. The predicted molar refractivity (Wildman–Crippen MR) is 101 cm³/mol. The molecule has 0 aromatic heterocycles. The summed E-state index contributed by atoms with van der Waals surface area (Å²) in [6, 6.07) is 18.4. The maximum atomic E-state index is 12.9. The van der Waals surface area contributed by atoms with E-state index in [0.29, 0.717) is 6.42 Å². The van der Waals surface area contributed by atoms with Crippen LogP contribution in [0.15, 0.2) is 54.6 Å². The number of ether oxygens (including phenoxy) is 1. The van der Waals surface area contributed by atoms with Crippen LogP contribution in [-0.2, 0) is 4.79 Å². The Morgan fingerprint density at radius 3 is 2.12 bits per heavy atom. The second-order valence-electron chi connectivity index (χ2n) is 6.74. The van der Waals surface area contributed by atoms with Crippen molar-refractivity contribution in [2.24, 2.45) is 0 Å².